The van der Waals surface area contributed by atoms with Gasteiger partial charge in [-0.3, -0.25) is 0 Å². The fourth-order valence-electron chi connectivity index (χ4n) is 3.51. The minimum atomic E-state index is 0.865. The highest BCUT2D eigenvalue weighted by Gasteiger charge is 2.15. The molecule has 0 saturated heterocycles. The summed E-state index contributed by atoms with van der Waals surface area (Å²) in [5.41, 5.74) is 4.32. The number of pyridine rings is 1. The van der Waals surface area contributed by atoms with Crippen molar-refractivity contribution >= 4 is 37.6 Å². The standard InChI is InChI=1S/C22H25N5S/c1-4-27(5-2)12-11-23-21-20-19(24-14-25-21)18-15(3)13-17(26-22(18)28-20)16-9-7-6-8-10-16/h6-10,13-14H,4-5,11-12H2,1-3H3,(H,23,24,25). The summed E-state index contributed by atoms with van der Waals surface area (Å²) < 4.78 is 1.08. The van der Waals surface area contributed by atoms with E-state index >= 15 is 0 Å². The lowest BCUT2D eigenvalue weighted by molar-refractivity contribution is 0.316. The molecule has 0 atom stereocenters. The zero-order valence-corrected chi connectivity index (χ0v) is 17.4. The van der Waals surface area contributed by atoms with Crippen LogP contribution < -0.4 is 5.32 Å². The van der Waals surface area contributed by atoms with Gasteiger partial charge in [0.25, 0.3) is 0 Å². The van der Waals surface area contributed by atoms with Crippen LogP contribution in [-0.4, -0.2) is 46.0 Å². The van der Waals surface area contributed by atoms with Crippen molar-refractivity contribution in [1.82, 2.24) is 19.9 Å². The van der Waals surface area contributed by atoms with Crippen LogP contribution in [0.2, 0.25) is 0 Å². The summed E-state index contributed by atoms with van der Waals surface area (Å²) in [5.74, 6) is 0.904. The number of hydrogen-bond acceptors (Lipinski definition) is 6. The fourth-order valence-corrected chi connectivity index (χ4v) is 4.68. The number of hydrogen-bond donors (Lipinski definition) is 1. The van der Waals surface area contributed by atoms with Crippen LogP contribution in [0.4, 0.5) is 5.82 Å². The van der Waals surface area contributed by atoms with Crippen LogP contribution in [0.5, 0.6) is 0 Å². The minimum Gasteiger partial charge on any atom is -0.367 e. The van der Waals surface area contributed by atoms with Gasteiger partial charge in [-0.05, 0) is 31.6 Å². The van der Waals surface area contributed by atoms with E-state index in [-0.39, 0.29) is 0 Å². The zero-order valence-electron chi connectivity index (χ0n) is 16.6. The third kappa shape index (κ3) is 3.57. The number of benzene rings is 1. The van der Waals surface area contributed by atoms with Crippen molar-refractivity contribution < 1.29 is 0 Å². The van der Waals surface area contributed by atoms with E-state index < -0.39 is 0 Å². The number of aromatic nitrogens is 3. The molecule has 3 aromatic heterocycles. The number of aryl methyl sites for hydroxylation is 1. The second-order valence-electron chi connectivity index (χ2n) is 6.83. The monoisotopic (exact) mass is 391 g/mol. The van der Waals surface area contributed by atoms with Crippen LogP contribution in [-0.2, 0) is 0 Å². The summed E-state index contributed by atoms with van der Waals surface area (Å²) in [6.45, 7) is 10.5. The Labute approximate surface area is 169 Å². The van der Waals surface area contributed by atoms with Crippen LogP contribution >= 0.6 is 11.3 Å². The maximum atomic E-state index is 4.93. The van der Waals surface area contributed by atoms with Crippen molar-refractivity contribution in [1.29, 1.82) is 0 Å². The van der Waals surface area contributed by atoms with Crippen molar-refractivity contribution in [2.45, 2.75) is 20.8 Å². The summed E-state index contributed by atoms with van der Waals surface area (Å²) in [6, 6.07) is 12.5. The number of nitrogens with one attached hydrogen (secondary N) is 1. The van der Waals surface area contributed by atoms with Gasteiger partial charge in [0.15, 0.2) is 0 Å². The molecule has 0 aliphatic heterocycles. The lowest BCUT2D eigenvalue weighted by Gasteiger charge is -2.18. The number of rotatable bonds is 7. The van der Waals surface area contributed by atoms with Gasteiger partial charge in [-0.15, -0.1) is 11.3 Å². The topological polar surface area (TPSA) is 53.9 Å². The Bertz CT molecular complexity index is 1090. The molecule has 4 rings (SSSR count). The minimum absolute atomic E-state index is 0.865. The lowest BCUT2D eigenvalue weighted by Crippen LogP contribution is -2.28. The first kappa shape index (κ1) is 18.8. The maximum absolute atomic E-state index is 4.93. The number of likely N-dealkylation sites (N-methyl/N-ethyl adjacent to an activating group) is 1. The SMILES string of the molecule is CCN(CC)CCNc1ncnc2c1sc1nc(-c3ccccc3)cc(C)c12. The average molecular weight is 392 g/mol. The average Bonchev–Trinajstić information content (AvgIpc) is 3.12. The molecule has 0 aliphatic rings. The Balaban J connectivity index is 1.72. The van der Waals surface area contributed by atoms with Gasteiger partial charge in [0.2, 0.25) is 0 Å². The summed E-state index contributed by atoms with van der Waals surface area (Å²) in [4.78, 5) is 17.4. The van der Waals surface area contributed by atoms with E-state index in [9.17, 15) is 0 Å². The molecule has 0 radical (unpaired) electrons. The molecule has 1 N–H and O–H groups in total. The molecule has 3 heterocycles. The molecule has 0 unspecified atom stereocenters. The van der Waals surface area contributed by atoms with Crippen molar-refractivity contribution in [3.05, 3.63) is 48.3 Å². The van der Waals surface area contributed by atoms with Gasteiger partial charge in [-0.1, -0.05) is 44.2 Å². The Morgan fingerprint density at radius 2 is 1.86 bits per heavy atom. The molecule has 5 nitrogen and oxygen atoms in total. The highest BCUT2D eigenvalue weighted by molar-refractivity contribution is 7.26. The number of fused-ring (bicyclic) bond motifs is 3. The maximum Gasteiger partial charge on any atom is 0.147 e. The Morgan fingerprint density at radius 1 is 1.07 bits per heavy atom. The van der Waals surface area contributed by atoms with Crippen LogP contribution in [0.15, 0.2) is 42.7 Å². The third-order valence-electron chi connectivity index (χ3n) is 5.11. The molecule has 0 bridgehead atoms. The molecular weight excluding hydrogens is 366 g/mol. The smallest absolute Gasteiger partial charge is 0.147 e. The van der Waals surface area contributed by atoms with Crippen LogP contribution in [0.1, 0.15) is 19.4 Å². The largest absolute Gasteiger partial charge is 0.367 e. The summed E-state index contributed by atoms with van der Waals surface area (Å²) in [6.07, 6.45) is 1.65. The van der Waals surface area contributed by atoms with Gasteiger partial charge < -0.3 is 10.2 Å². The quantitative estimate of drug-likeness (QED) is 0.482. The van der Waals surface area contributed by atoms with Gasteiger partial charge in [-0.25, -0.2) is 15.0 Å². The predicted molar refractivity (Wildman–Crippen MR) is 119 cm³/mol. The van der Waals surface area contributed by atoms with E-state index in [1.54, 1.807) is 17.7 Å². The molecule has 0 aliphatic carbocycles. The first-order valence-electron chi connectivity index (χ1n) is 9.77. The zero-order chi connectivity index (χ0) is 19.5. The number of thiophene rings is 1. The normalized spacial score (nSPS) is 11.6. The van der Waals surface area contributed by atoms with E-state index in [1.807, 2.05) is 18.2 Å². The van der Waals surface area contributed by atoms with Gasteiger partial charge >= 0.3 is 0 Å². The molecule has 0 fully saturated rings. The van der Waals surface area contributed by atoms with Gasteiger partial charge in [-0.2, -0.15) is 0 Å². The fraction of sp³-hybridized carbons (Fsp3) is 0.318. The van der Waals surface area contributed by atoms with E-state index in [2.05, 4.69) is 59.2 Å². The first-order valence-corrected chi connectivity index (χ1v) is 10.6. The van der Waals surface area contributed by atoms with Gasteiger partial charge in [0, 0.05) is 24.0 Å². The van der Waals surface area contributed by atoms with E-state index in [0.717, 1.165) is 63.7 Å². The highest BCUT2D eigenvalue weighted by atomic mass is 32.1. The Morgan fingerprint density at radius 3 is 2.61 bits per heavy atom. The van der Waals surface area contributed by atoms with Gasteiger partial charge in [0.05, 0.1) is 15.9 Å². The van der Waals surface area contributed by atoms with Crippen LogP contribution in [0.3, 0.4) is 0 Å². The highest BCUT2D eigenvalue weighted by Crippen LogP contribution is 2.38. The second-order valence-corrected chi connectivity index (χ2v) is 7.83. The lowest BCUT2D eigenvalue weighted by atomic mass is 10.1. The Hall–Kier alpha value is -2.57. The van der Waals surface area contributed by atoms with E-state index in [0.29, 0.717) is 0 Å². The predicted octanol–water partition coefficient (Wildman–Crippen LogP) is 4.97. The Kier molecular flexibility index (Phi) is 5.50. The summed E-state index contributed by atoms with van der Waals surface area (Å²) in [7, 11) is 0. The first-order chi connectivity index (χ1) is 13.7. The molecule has 144 valence electrons. The molecule has 1 aromatic carbocycles. The third-order valence-corrected chi connectivity index (χ3v) is 6.19. The summed E-state index contributed by atoms with van der Waals surface area (Å²) in [5, 5.41) is 4.64. The van der Waals surface area contributed by atoms with Crippen molar-refractivity contribution in [3.8, 4) is 11.3 Å². The van der Waals surface area contributed by atoms with Crippen LogP contribution in [0, 0.1) is 6.92 Å². The number of anilines is 1. The summed E-state index contributed by atoms with van der Waals surface area (Å²) >= 11 is 1.67. The van der Waals surface area contributed by atoms with E-state index in [4.69, 9.17) is 4.98 Å². The molecular formula is C22H25N5S. The van der Waals surface area contributed by atoms with Crippen molar-refractivity contribution in [3.63, 3.8) is 0 Å². The van der Waals surface area contributed by atoms with Crippen LogP contribution in [0.25, 0.3) is 31.7 Å². The molecule has 0 saturated carbocycles. The van der Waals surface area contributed by atoms with E-state index in [1.165, 1.54) is 5.56 Å². The molecule has 4 aromatic rings. The molecule has 6 heteroatoms. The van der Waals surface area contributed by atoms with Gasteiger partial charge in [0.1, 0.15) is 17.0 Å². The van der Waals surface area contributed by atoms with Crippen molar-refractivity contribution in [2.75, 3.05) is 31.5 Å². The number of nitrogens with zero attached hydrogens (tertiary/aromatic N) is 4. The molecule has 0 spiro atoms. The second kappa shape index (κ2) is 8.20. The van der Waals surface area contributed by atoms with Crippen molar-refractivity contribution in [2.24, 2.45) is 0 Å². The molecule has 0 amide bonds. The molecule has 28 heavy (non-hydrogen) atoms.